The summed E-state index contributed by atoms with van der Waals surface area (Å²) in [6.07, 6.45) is -0.272. The van der Waals surface area contributed by atoms with Crippen LogP contribution in [0.3, 0.4) is 0 Å². The molecule has 46 heavy (non-hydrogen) atoms. The second-order valence-electron chi connectivity index (χ2n) is 11.7. The first-order chi connectivity index (χ1) is 22.2. The number of halogens is 1. The van der Waals surface area contributed by atoms with Crippen LogP contribution >= 0.6 is 0 Å². The topological polar surface area (TPSA) is 103 Å². The number of anilines is 2. The molecule has 4 aromatic carbocycles. The fourth-order valence-corrected chi connectivity index (χ4v) is 5.32. The van der Waals surface area contributed by atoms with Crippen LogP contribution in [0.2, 0.25) is 0 Å². The van der Waals surface area contributed by atoms with E-state index in [2.05, 4.69) is 15.5 Å². The number of nitrogens with zero attached hydrogens (tertiary/aromatic N) is 2. The molecule has 3 unspecified atom stereocenters. The molecule has 0 aliphatic carbocycles. The number of amides is 3. The highest BCUT2D eigenvalue weighted by Gasteiger charge is 2.33. The molecule has 10 heteroatoms. The number of carbonyl (C=O) groups is 2. The van der Waals surface area contributed by atoms with Crippen LogP contribution in [0.5, 0.6) is 17.2 Å². The third kappa shape index (κ3) is 8.41. The van der Waals surface area contributed by atoms with E-state index in [1.807, 2.05) is 68.6 Å². The van der Waals surface area contributed by atoms with Crippen LogP contribution in [-0.4, -0.2) is 65.7 Å². The first-order valence-electron chi connectivity index (χ1n) is 15.2. The maximum absolute atomic E-state index is 13.8. The van der Waals surface area contributed by atoms with Crippen molar-refractivity contribution in [1.82, 2.24) is 9.80 Å². The molecule has 3 atom stereocenters. The molecule has 1 aliphatic heterocycles. The molecule has 1 aliphatic rings. The van der Waals surface area contributed by atoms with Crippen molar-refractivity contribution in [2.75, 3.05) is 37.4 Å². The standard InChI is InChI=1S/C36H39FN4O5/c1-24-20-41(25(2)23-42)35(43)32-19-29(39-36(44)38-28-13-11-27(37)12-14-28)15-18-33(32)46-34(24)22-40(3)21-26-9-16-31(17-10-26)45-30-7-5-4-6-8-30/h4-19,24-25,34,42H,20-23H2,1-3H3,(H2,38,39,44). The molecule has 0 saturated carbocycles. The van der Waals surface area contributed by atoms with Gasteiger partial charge in [-0.2, -0.15) is 0 Å². The average Bonchev–Trinajstić information content (AvgIpc) is 3.05. The van der Waals surface area contributed by atoms with Crippen molar-refractivity contribution < 1.29 is 28.6 Å². The summed E-state index contributed by atoms with van der Waals surface area (Å²) in [5, 5.41) is 15.4. The molecule has 4 aromatic rings. The number of nitrogens with one attached hydrogen (secondary N) is 2. The minimum Gasteiger partial charge on any atom is -0.488 e. The summed E-state index contributed by atoms with van der Waals surface area (Å²) in [6.45, 7) is 5.29. The van der Waals surface area contributed by atoms with Crippen LogP contribution in [0.4, 0.5) is 20.6 Å². The van der Waals surface area contributed by atoms with Gasteiger partial charge in [0.25, 0.3) is 5.91 Å². The van der Waals surface area contributed by atoms with Gasteiger partial charge in [-0.1, -0.05) is 37.3 Å². The number of carbonyl (C=O) groups excluding carboxylic acids is 2. The lowest BCUT2D eigenvalue weighted by molar-refractivity contribution is 0.0341. The van der Waals surface area contributed by atoms with Gasteiger partial charge in [-0.15, -0.1) is 0 Å². The number of hydrogen-bond acceptors (Lipinski definition) is 6. The van der Waals surface area contributed by atoms with Crippen LogP contribution in [0, 0.1) is 11.7 Å². The summed E-state index contributed by atoms with van der Waals surface area (Å²) in [7, 11) is 2.02. The van der Waals surface area contributed by atoms with Crippen LogP contribution in [-0.2, 0) is 6.54 Å². The lowest BCUT2D eigenvalue weighted by Crippen LogP contribution is -2.49. The number of likely N-dealkylation sites (N-methyl/N-ethyl adjacent to an activating group) is 1. The minimum atomic E-state index is -0.542. The highest BCUT2D eigenvalue weighted by atomic mass is 19.1. The Morgan fingerprint density at radius 2 is 1.65 bits per heavy atom. The van der Waals surface area contributed by atoms with Crippen LogP contribution in [0.15, 0.2) is 97.1 Å². The van der Waals surface area contributed by atoms with Gasteiger partial charge in [0.2, 0.25) is 0 Å². The van der Waals surface area contributed by atoms with Crippen molar-refractivity contribution in [3.63, 3.8) is 0 Å². The Hall–Kier alpha value is -4.93. The summed E-state index contributed by atoms with van der Waals surface area (Å²) in [4.78, 5) is 30.2. The maximum Gasteiger partial charge on any atom is 0.323 e. The highest BCUT2D eigenvalue weighted by Crippen LogP contribution is 2.31. The second-order valence-corrected chi connectivity index (χ2v) is 11.7. The molecule has 3 N–H and O–H groups in total. The number of hydrogen-bond donors (Lipinski definition) is 3. The van der Waals surface area contributed by atoms with E-state index in [9.17, 15) is 19.1 Å². The summed E-state index contributed by atoms with van der Waals surface area (Å²) < 4.78 is 25.7. The minimum absolute atomic E-state index is 0.0468. The average molecular weight is 627 g/mol. The Balaban J connectivity index is 1.29. The number of rotatable bonds is 10. The fourth-order valence-electron chi connectivity index (χ4n) is 5.32. The number of aliphatic hydroxyl groups excluding tert-OH is 1. The molecule has 1 heterocycles. The Labute approximate surface area is 268 Å². The van der Waals surface area contributed by atoms with Gasteiger partial charge < -0.3 is 30.1 Å². The van der Waals surface area contributed by atoms with E-state index in [0.717, 1.165) is 17.1 Å². The van der Waals surface area contributed by atoms with Gasteiger partial charge in [0.05, 0.1) is 18.2 Å². The molecule has 0 radical (unpaired) electrons. The van der Waals surface area contributed by atoms with Gasteiger partial charge in [-0.3, -0.25) is 9.69 Å². The van der Waals surface area contributed by atoms with Crippen LogP contribution in [0.25, 0.3) is 0 Å². The van der Waals surface area contributed by atoms with Gasteiger partial charge in [-0.05, 0) is 86.3 Å². The normalized spacial score (nSPS) is 16.9. The largest absolute Gasteiger partial charge is 0.488 e. The Morgan fingerprint density at radius 1 is 1.00 bits per heavy atom. The third-order valence-corrected chi connectivity index (χ3v) is 7.87. The number of aliphatic hydroxyl groups is 1. The predicted molar refractivity (Wildman–Crippen MR) is 176 cm³/mol. The van der Waals surface area contributed by atoms with Crippen molar-refractivity contribution in [2.45, 2.75) is 32.5 Å². The molecule has 0 fully saturated rings. The van der Waals surface area contributed by atoms with E-state index in [0.29, 0.717) is 36.8 Å². The van der Waals surface area contributed by atoms with Crippen molar-refractivity contribution in [3.05, 3.63) is 114 Å². The molecular weight excluding hydrogens is 587 g/mol. The van der Waals surface area contributed by atoms with E-state index >= 15 is 0 Å². The van der Waals surface area contributed by atoms with Gasteiger partial charge >= 0.3 is 6.03 Å². The first kappa shape index (κ1) is 32.5. The smallest absolute Gasteiger partial charge is 0.323 e. The number of ether oxygens (including phenoxy) is 2. The molecule has 0 bridgehead atoms. The maximum atomic E-state index is 13.8. The van der Waals surface area contributed by atoms with Crippen LogP contribution < -0.4 is 20.1 Å². The highest BCUT2D eigenvalue weighted by molar-refractivity contribution is 6.02. The van der Waals surface area contributed by atoms with Crippen molar-refractivity contribution in [2.24, 2.45) is 5.92 Å². The van der Waals surface area contributed by atoms with Crippen molar-refractivity contribution in [3.8, 4) is 17.2 Å². The zero-order valence-corrected chi connectivity index (χ0v) is 26.2. The number of fused-ring (bicyclic) bond motifs is 1. The van der Waals surface area contributed by atoms with Crippen molar-refractivity contribution >= 4 is 23.3 Å². The lowest BCUT2D eigenvalue weighted by Gasteiger charge is -2.38. The third-order valence-electron chi connectivity index (χ3n) is 7.87. The van der Waals surface area contributed by atoms with Gasteiger partial charge in [0, 0.05) is 36.9 Å². The van der Waals surface area contributed by atoms with Gasteiger partial charge in [-0.25, -0.2) is 9.18 Å². The Kier molecular flexibility index (Phi) is 10.5. The number of para-hydroxylation sites is 1. The molecule has 3 amide bonds. The Morgan fingerprint density at radius 3 is 2.35 bits per heavy atom. The second kappa shape index (κ2) is 14.9. The molecule has 0 aromatic heterocycles. The van der Waals surface area contributed by atoms with E-state index in [4.69, 9.17) is 9.47 Å². The SMILES string of the molecule is CC1CN(C(C)CO)C(=O)c2cc(NC(=O)Nc3ccc(F)cc3)ccc2OC1CN(C)Cc1ccc(Oc2ccccc2)cc1. The number of benzene rings is 4. The van der Waals surface area contributed by atoms with Crippen LogP contribution in [0.1, 0.15) is 29.8 Å². The summed E-state index contributed by atoms with van der Waals surface area (Å²) in [6, 6.07) is 27.0. The van der Waals surface area contributed by atoms with E-state index < -0.39 is 17.9 Å². The predicted octanol–water partition coefficient (Wildman–Crippen LogP) is 6.61. The van der Waals surface area contributed by atoms with E-state index in [1.165, 1.54) is 24.3 Å². The molecule has 0 spiro atoms. The Bertz CT molecular complexity index is 1620. The summed E-state index contributed by atoms with van der Waals surface area (Å²) in [5.41, 5.74) is 2.20. The summed E-state index contributed by atoms with van der Waals surface area (Å²) in [5.74, 6) is 1.19. The summed E-state index contributed by atoms with van der Waals surface area (Å²) >= 11 is 0. The molecule has 9 nitrogen and oxygen atoms in total. The molecule has 240 valence electrons. The molecule has 0 saturated heterocycles. The monoisotopic (exact) mass is 626 g/mol. The quantitative estimate of drug-likeness (QED) is 0.183. The molecule has 5 rings (SSSR count). The van der Waals surface area contributed by atoms with Gasteiger partial charge in [0.1, 0.15) is 29.2 Å². The van der Waals surface area contributed by atoms with E-state index in [-0.39, 0.29) is 30.1 Å². The zero-order chi connectivity index (χ0) is 32.6. The molecular formula is C36H39FN4O5. The lowest BCUT2D eigenvalue weighted by atomic mass is 9.99. The van der Waals surface area contributed by atoms with E-state index in [1.54, 1.807) is 30.0 Å². The van der Waals surface area contributed by atoms with Crippen molar-refractivity contribution in [1.29, 1.82) is 0 Å². The zero-order valence-electron chi connectivity index (χ0n) is 26.2. The fraction of sp³-hybridized carbons (Fsp3) is 0.278. The van der Waals surface area contributed by atoms with Gasteiger partial charge in [0.15, 0.2) is 0 Å². The first-order valence-corrected chi connectivity index (χ1v) is 15.2. The number of urea groups is 1.